The van der Waals surface area contributed by atoms with E-state index in [1.54, 1.807) is 6.08 Å². The number of unbranched alkanes of at least 4 members (excludes halogenated alkanes) is 35. The van der Waals surface area contributed by atoms with Gasteiger partial charge in [-0.15, -0.1) is 0 Å². The van der Waals surface area contributed by atoms with Crippen LogP contribution in [-0.4, -0.2) is 46.1 Å². The number of amides is 1. The third-order valence-corrected chi connectivity index (χ3v) is 12.4. The molecule has 0 aromatic carbocycles. The summed E-state index contributed by atoms with van der Waals surface area (Å²) in [7, 11) is 0. The summed E-state index contributed by atoms with van der Waals surface area (Å²) in [6, 6.07) is -0.823. The Morgan fingerprint density at radius 1 is 0.393 bits per heavy atom. The number of hydrogen-bond donors (Lipinski definition) is 4. The van der Waals surface area contributed by atoms with E-state index in [2.05, 4.69) is 55.6 Å². The van der Waals surface area contributed by atoms with Gasteiger partial charge in [0.05, 0.1) is 18.8 Å². The van der Waals surface area contributed by atoms with Crippen LogP contribution in [0.25, 0.3) is 0 Å². The van der Waals surface area contributed by atoms with Crippen LogP contribution in [0.4, 0.5) is 0 Å². The van der Waals surface area contributed by atoms with Crippen molar-refractivity contribution in [2.45, 2.75) is 295 Å². The Morgan fingerprint density at radius 3 is 1.00 bits per heavy atom. The molecule has 0 saturated heterocycles. The lowest BCUT2D eigenvalue weighted by molar-refractivity contribution is -0.131. The van der Waals surface area contributed by atoms with E-state index in [1.165, 1.54) is 212 Å². The lowest BCUT2D eigenvalue weighted by Gasteiger charge is -2.21. The molecular weight excluding hydrogens is 751 g/mol. The molecule has 0 bridgehead atoms. The van der Waals surface area contributed by atoms with E-state index in [4.69, 9.17) is 0 Å². The molecule has 0 aliphatic heterocycles. The number of aliphatic hydroxyl groups excluding tert-OH is 3. The van der Waals surface area contributed by atoms with E-state index in [0.717, 1.165) is 44.9 Å². The molecule has 3 atom stereocenters. The van der Waals surface area contributed by atoms with Crippen molar-refractivity contribution < 1.29 is 20.1 Å². The van der Waals surface area contributed by atoms with Crippen molar-refractivity contribution in [3.05, 3.63) is 48.6 Å². The molecule has 0 fully saturated rings. The number of rotatable bonds is 49. The van der Waals surface area contributed by atoms with Crippen LogP contribution in [0.1, 0.15) is 277 Å². The first-order chi connectivity index (χ1) is 30.1. The fraction of sp³-hybridized carbons (Fsp3) is 0.839. The molecule has 5 nitrogen and oxygen atoms in total. The Hall–Kier alpha value is -1.69. The first kappa shape index (κ1) is 59.3. The molecule has 0 heterocycles. The Morgan fingerprint density at radius 2 is 0.672 bits per heavy atom. The SMILES string of the molecule is CCCCCCCCCCCCCC/C=C\CCCCCCCCCCCC(O)C(=O)NC(CO)C(O)/C=C/CC/C=C/CC/C=C/CCCCCCCCCCCCCC. The quantitative estimate of drug-likeness (QED) is 0.0362. The van der Waals surface area contributed by atoms with Crippen molar-refractivity contribution in [1.82, 2.24) is 5.32 Å². The summed E-state index contributed by atoms with van der Waals surface area (Å²) in [5.41, 5.74) is 0. The van der Waals surface area contributed by atoms with Crippen molar-refractivity contribution in [3.8, 4) is 0 Å². The van der Waals surface area contributed by atoms with Gasteiger partial charge in [0.2, 0.25) is 5.91 Å². The third-order valence-electron chi connectivity index (χ3n) is 12.4. The molecule has 0 rings (SSSR count). The summed E-state index contributed by atoms with van der Waals surface area (Å²) in [4.78, 5) is 12.5. The fourth-order valence-corrected chi connectivity index (χ4v) is 8.15. The topological polar surface area (TPSA) is 89.8 Å². The summed E-state index contributed by atoms with van der Waals surface area (Å²) < 4.78 is 0. The maximum atomic E-state index is 12.5. The van der Waals surface area contributed by atoms with E-state index in [1.807, 2.05) is 6.08 Å². The summed E-state index contributed by atoms with van der Waals surface area (Å²) in [6.07, 6.45) is 67.5. The Bertz CT molecular complexity index is 989. The van der Waals surface area contributed by atoms with Crippen LogP contribution in [0.5, 0.6) is 0 Å². The first-order valence-electron chi connectivity index (χ1n) is 27.0. The summed E-state index contributed by atoms with van der Waals surface area (Å²) in [5, 5.41) is 33.3. The van der Waals surface area contributed by atoms with Crippen LogP contribution in [0.2, 0.25) is 0 Å². The average Bonchev–Trinajstić information content (AvgIpc) is 3.26. The van der Waals surface area contributed by atoms with Crippen LogP contribution >= 0.6 is 0 Å². The van der Waals surface area contributed by atoms with Crippen LogP contribution in [0.15, 0.2) is 48.6 Å². The van der Waals surface area contributed by atoms with Crippen LogP contribution in [0, 0.1) is 0 Å². The number of carbonyl (C=O) groups excluding carboxylic acids is 1. The largest absolute Gasteiger partial charge is 0.394 e. The standard InChI is InChI=1S/C56H105NO4/c1-3-5-7-9-11-13-15-17-19-21-23-25-27-28-29-31-33-35-37-39-41-43-45-47-49-51-55(60)56(61)57-53(52-58)54(59)50-48-46-44-42-40-38-36-34-32-30-26-24-22-20-18-16-14-12-10-8-6-4-2/h28-29,32,34,40,42,48,50,53-55,58-60H,3-27,30-31,33,35-39,41,43-47,49,51-52H2,1-2H3,(H,57,61)/b29-28-,34-32+,42-40+,50-48+. The van der Waals surface area contributed by atoms with Gasteiger partial charge in [-0.2, -0.15) is 0 Å². The van der Waals surface area contributed by atoms with Crippen molar-refractivity contribution in [2.24, 2.45) is 0 Å². The maximum Gasteiger partial charge on any atom is 0.249 e. The lowest BCUT2D eigenvalue weighted by Crippen LogP contribution is -2.48. The smallest absolute Gasteiger partial charge is 0.249 e. The number of nitrogens with one attached hydrogen (secondary N) is 1. The molecular formula is C56H105NO4. The average molecular weight is 856 g/mol. The first-order valence-corrected chi connectivity index (χ1v) is 27.0. The van der Waals surface area contributed by atoms with Gasteiger partial charge in [-0.3, -0.25) is 4.79 Å². The molecule has 1 amide bonds. The highest BCUT2D eigenvalue weighted by atomic mass is 16.3. The molecule has 358 valence electrons. The Balaban J connectivity index is 3.66. The van der Waals surface area contributed by atoms with Crippen LogP contribution in [0.3, 0.4) is 0 Å². The minimum Gasteiger partial charge on any atom is -0.394 e. The molecule has 0 spiro atoms. The summed E-state index contributed by atoms with van der Waals surface area (Å²) in [6.45, 7) is 4.19. The zero-order valence-electron chi connectivity index (χ0n) is 40.8. The number of carbonyl (C=O) groups is 1. The lowest BCUT2D eigenvalue weighted by atomic mass is 10.0. The Labute approximate surface area is 380 Å². The molecule has 61 heavy (non-hydrogen) atoms. The van der Waals surface area contributed by atoms with Gasteiger partial charge in [0.15, 0.2) is 0 Å². The Kier molecular flexibility index (Phi) is 49.5. The molecule has 0 saturated carbocycles. The highest BCUT2D eigenvalue weighted by Crippen LogP contribution is 2.16. The molecule has 0 aliphatic carbocycles. The molecule has 0 radical (unpaired) electrons. The molecule has 3 unspecified atom stereocenters. The zero-order valence-corrected chi connectivity index (χ0v) is 40.8. The summed E-state index contributed by atoms with van der Waals surface area (Å²) >= 11 is 0. The highest BCUT2D eigenvalue weighted by molar-refractivity contribution is 5.80. The number of hydrogen-bond acceptors (Lipinski definition) is 4. The van der Waals surface area contributed by atoms with E-state index >= 15 is 0 Å². The monoisotopic (exact) mass is 856 g/mol. The maximum absolute atomic E-state index is 12.5. The van der Waals surface area contributed by atoms with E-state index < -0.39 is 24.2 Å². The molecule has 0 aromatic heterocycles. The molecule has 0 aliphatic rings. The van der Waals surface area contributed by atoms with Gasteiger partial charge >= 0.3 is 0 Å². The summed E-state index contributed by atoms with van der Waals surface area (Å²) in [5.74, 6) is -0.517. The normalized spacial score (nSPS) is 13.7. The van der Waals surface area contributed by atoms with Crippen LogP contribution in [-0.2, 0) is 4.79 Å². The molecule has 5 heteroatoms. The second-order valence-electron chi connectivity index (χ2n) is 18.4. The highest BCUT2D eigenvalue weighted by Gasteiger charge is 2.22. The second kappa shape index (κ2) is 50.9. The van der Waals surface area contributed by atoms with E-state index in [0.29, 0.717) is 6.42 Å². The third kappa shape index (κ3) is 46.1. The second-order valence-corrected chi connectivity index (χ2v) is 18.4. The van der Waals surface area contributed by atoms with Crippen molar-refractivity contribution in [3.63, 3.8) is 0 Å². The van der Waals surface area contributed by atoms with Gasteiger partial charge in [0.1, 0.15) is 6.10 Å². The molecule has 4 N–H and O–H groups in total. The predicted octanol–water partition coefficient (Wildman–Crippen LogP) is 16.4. The van der Waals surface area contributed by atoms with Gasteiger partial charge in [-0.05, 0) is 70.6 Å². The van der Waals surface area contributed by atoms with E-state index in [9.17, 15) is 20.1 Å². The van der Waals surface area contributed by atoms with Crippen molar-refractivity contribution >= 4 is 5.91 Å². The fourth-order valence-electron chi connectivity index (χ4n) is 8.15. The minimum atomic E-state index is -1.11. The number of allylic oxidation sites excluding steroid dienone is 7. The van der Waals surface area contributed by atoms with Crippen molar-refractivity contribution in [2.75, 3.05) is 6.61 Å². The van der Waals surface area contributed by atoms with Crippen LogP contribution < -0.4 is 5.32 Å². The van der Waals surface area contributed by atoms with Gasteiger partial charge < -0.3 is 20.6 Å². The zero-order chi connectivity index (χ0) is 44.4. The predicted molar refractivity (Wildman–Crippen MR) is 268 cm³/mol. The van der Waals surface area contributed by atoms with Gasteiger partial charge in [0, 0.05) is 0 Å². The number of aliphatic hydroxyl groups is 3. The van der Waals surface area contributed by atoms with E-state index in [-0.39, 0.29) is 6.61 Å². The van der Waals surface area contributed by atoms with Gasteiger partial charge in [0.25, 0.3) is 0 Å². The minimum absolute atomic E-state index is 0.382. The van der Waals surface area contributed by atoms with Crippen molar-refractivity contribution in [1.29, 1.82) is 0 Å². The molecule has 0 aromatic rings. The van der Waals surface area contributed by atoms with Gasteiger partial charge in [-0.25, -0.2) is 0 Å². The van der Waals surface area contributed by atoms with Gasteiger partial charge in [-0.1, -0.05) is 255 Å².